The molecule has 7 heteroatoms. The minimum atomic E-state index is -0.501. The lowest BCUT2D eigenvalue weighted by Gasteiger charge is -2.01. The summed E-state index contributed by atoms with van der Waals surface area (Å²) >= 11 is 5.83. The summed E-state index contributed by atoms with van der Waals surface area (Å²) < 4.78 is 0. The lowest BCUT2D eigenvalue weighted by Crippen LogP contribution is -2.09. The Kier molecular flexibility index (Phi) is 4.63. The molecule has 1 N–H and O–H groups in total. The Morgan fingerprint density at radius 1 is 1.10 bits per heavy atom. The van der Waals surface area contributed by atoms with Crippen molar-refractivity contribution in [3.63, 3.8) is 0 Å². The third kappa shape index (κ3) is 3.87. The summed E-state index contributed by atoms with van der Waals surface area (Å²) in [7, 11) is 0. The number of nitrogens with zero attached hydrogens (tertiary/aromatic N) is 2. The van der Waals surface area contributed by atoms with E-state index < -0.39 is 10.7 Å². The molecule has 0 aromatic heterocycles. The van der Waals surface area contributed by atoms with Crippen LogP contribution in [-0.4, -0.2) is 15.9 Å². The van der Waals surface area contributed by atoms with E-state index >= 15 is 0 Å². The molecule has 0 bridgehead atoms. The molecular weight excluding hydrogens is 294 g/mol. The number of nitro groups is 1. The summed E-state index contributed by atoms with van der Waals surface area (Å²) in [4.78, 5) is 21.9. The molecule has 0 fully saturated rings. The highest BCUT2D eigenvalue weighted by atomic mass is 35.5. The maximum Gasteiger partial charge on any atom is 0.269 e. The fourth-order valence-corrected chi connectivity index (χ4v) is 1.68. The Hall–Kier alpha value is -2.73. The van der Waals surface area contributed by atoms with Gasteiger partial charge in [-0.3, -0.25) is 20.3 Å². The number of nitrogens with one attached hydrogen (secondary N) is 1. The van der Waals surface area contributed by atoms with E-state index in [0.717, 1.165) is 0 Å². The highest BCUT2D eigenvalue weighted by Crippen LogP contribution is 2.15. The van der Waals surface area contributed by atoms with E-state index in [1.165, 1.54) is 24.3 Å². The van der Waals surface area contributed by atoms with E-state index in [1.54, 1.807) is 30.3 Å². The van der Waals surface area contributed by atoms with Crippen molar-refractivity contribution in [1.82, 2.24) is 0 Å². The van der Waals surface area contributed by atoms with Gasteiger partial charge >= 0.3 is 0 Å². The Labute approximate surface area is 125 Å². The number of nitro benzene ring substituents is 1. The van der Waals surface area contributed by atoms with Crippen LogP contribution in [0.5, 0.6) is 0 Å². The van der Waals surface area contributed by atoms with Gasteiger partial charge in [0.15, 0.2) is 5.17 Å². The van der Waals surface area contributed by atoms with Crippen LogP contribution in [0.3, 0.4) is 0 Å². The van der Waals surface area contributed by atoms with Crippen LogP contribution >= 0.6 is 11.6 Å². The van der Waals surface area contributed by atoms with E-state index in [9.17, 15) is 14.9 Å². The van der Waals surface area contributed by atoms with Crippen molar-refractivity contribution in [2.45, 2.75) is 0 Å². The van der Waals surface area contributed by atoms with E-state index in [-0.39, 0.29) is 10.9 Å². The number of non-ortho nitro benzene ring substituents is 1. The van der Waals surface area contributed by atoms with Gasteiger partial charge in [-0.05, 0) is 12.1 Å². The number of hydrogen-bond acceptors (Lipinski definition) is 5. The number of rotatable bonds is 5. The number of Topliss-reactive ketones (excluding diaryl/α,β-unsaturated/α-hetero) is 1. The highest BCUT2D eigenvalue weighted by Gasteiger charge is 2.11. The fraction of sp³-hybridized carbons (Fsp3) is 0. The molecule has 0 unspecified atom stereocenters. The molecule has 0 aliphatic carbocycles. The second-order valence-electron chi connectivity index (χ2n) is 4.01. The number of anilines is 1. The summed E-state index contributed by atoms with van der Waals surface area (Å²) in [6.45, 7) is 0. The molecule has 0 saturated carbocycles. The van der Waals surface area contributed by atoms with Gasteiger partial charge in [0.1, 0.15) is 0 Å². The van der Waals surface area contributed by atoms with E-state index in [4.69, 9.17) is 11.6 Å². The van der Waals surface area contributed by atoms with Gasteiger partial charge in [-0.15, -0.1) is 0 Å². The molecule has 2 aromatic rings. The van der Waals surface area contributed by atoms with Crippen LogP contribution in [0.1, 0.15) is 10.4 Å². The first-order chi connectivity index (χ1) is 10.1. The molecule has 2 rings (SSSR count). The van der Waals surface area contributed by atoms with Crippen molar-refractivity contribution in [3.05, 3.63) is 70.3 Å². The average Bonchev–Trinajstić information content (AvgIpc) is 2.53. The Morgan fingerprint density at radius 2 is 1.71 bits per heavy atom. The van der Waals surface area contributed by atoms with Crippen molar-refractivity contribution < 1.29 is 9.72 Å². The zero-order chi connectivity index (χ0) is 15.2. The molecule has 106 valence electrons. The van der Waals surface area contributed by atoms with Crippen LogP contribution in [0.4, 0.5) is 11.4 Å². The highest BCUT2D eigenvalue weighted by molar-refractivity contribution is 6.84. The number of ketones is 1. The molecule has 0 aliphatic rings. The number of hydrogen-bond donors (Lipinski definition) is 1. The molecule has 2 aromatic carbocycles. The van der Waals surface area contributed by atoms with Crippen LogP contribution in [0.25, 0.3) is 0 Å². The first-order valence-electron chi connectivity index (χ1n) is 5.91. The van der Waals surface area contributed by atoms with Gasteiger partial charge < -0.3 is 0 Å². The number of hydrazone groups is 1. The molecule has 0 spiro atoms. The quantitative estimate of drug-likeness (QED) is 0.397. The van der Waals surface area contributed by atoms with Crippen LogP contribution in [0.2, 0.25) is 0 Å². The zero-order valence-electron chi connectivity index (χ0n) is 10.7. The maximum absolute atomic E-state index is 11.9. The molecular formula is C14H10ClN3O3. The van der Waals surface area contributed by atoms with Crippen LogP contribution in [0, 0.1) is 10.1 Å². The lowest BCUT2D eigenvalue weighted by molar-refractivity contribution is -0.384. The largest absolute Gasteiger partial charge is 0.286 e. The predicted octanol–water partition coefficient (Wildman–Crippen LogP) is 3.44. The SMILES string of the molecule is O=C(/C(Cl)=N/Nc1ccc([N+](=O)[O-])cc1)c1ccccc1. The molecule has 0 amide bonds. The number of carbonyl (C=O) groups is 1. The van der Waals surface area contributed by atoms with Gasteiger partial charge in [0.2, 0.25) is 5.78 Å². The molecule has 0 saturated heterocycles. The van der Waals surface area contributed by atoms with E-state index in [1.807, 2.05) is 0 Å². The second kappa shape index (κ2) is 6.62. The van der Waals surface area contributed by atoms with Crippen LogP contribution in [0.15, 0.2) is 59.7 Å². The minimum absolute atomic E-state index is 0.0315. The third-order valence-corrected chi connectivity index (χ3v) is 2.84. The van der Waals surface area contributed by atoms with Crippen LogP contribution < -0.4 is 5.43 Å². The Morgan fingerprint density at radius 3 is 2.29 bits per heavy atom. The molecule has 0 atom stereocenters. The molecule has 0 radical (unpaired) electrons. The average molecular weight is 304 g/mol. The van der Waals surface area contributed by atoms with Gasteiger partial charge in [-0.25, -0.2) is 0 Å². The standard InChI is InChI=1S/C14H10ClN3O3/c15-14(13(19)10-4-2-1-3-5-10)17-16-11-6-8-12(9-7-11)18(20)21/h1-9,16H/b17-14-. The number of halogens is 1. The molecule has 21 heavy (non-hydrogen) atoms. The van der Waals surface area contributed by atoms with Gasteiger partial charge in [-0.1, -0.05) is 41.9 Å². The summed E-state index contributed by atoms with van der Waals surface area (Å²) in [5.74, 6) is -0.410. The predicted molar refractivity (Wildman–Crippen MR) is 80.8 cm³/mol. The Bertz CT molecular complexity index is 684. The van der Waals surface area contributed by atoms with Gasteiger partial charge in [0.25, 0.3) is 5.69 Å². The smallest absolute Gasteiger partial charge is 0.269 e. The Balaban J connectivity index is 2.06. The monoisotopic (exact) mass is 303 g/mol. The van der Waals surface area contributed by atoms with Crippen molar-refractivity contribution in [2.24, 2.45) is 5.10 Å². The van der Waals surface area contributed by atoms with Gasteiger partial charge in [0.05, 0.1) is 10.6 Å². The summed E-state index contributed by atoms with van der Waals surface area (Å²) in [5.41, 5.74) is 3.46. The van der Waals surface area contributed by atoms with Crippen molar-refractivity contribution in [1.29, 1.82) is 0 Å². The summed E-state index contributed by atoms with van der Waals surface area (Å²) in [6, 6.07) is 14.1. The van der Waals surface area contributed by atoms with Crippen molar-refractivity contribution in [2.75, 3.05) is 5.43 Å². The number of benzene rings is 2. The van der Waals surface area contributed by atoms with Crippen molar-refractivity contribution >= 4 is 33.9 Å². The van der Waals surface area contributed by atoms with Crippen molar-refractivity contribution in [3.8, 4) is 0 Å². The van der Waals surface area contributed by atoms with Gasteiger partial charge in [-0.2, -0.15) is 5.10 Å². The first kappa shape index (κ1) is 14.7. The first-order valence-corrected chi connectivity index (χ1v) is 6.29. The summed E-state index contributed by atoms with van der Waals surface area (Å²) in [5, 5.41) is 14.1. The molecule has 6 nitrogen and oxygen atoms in total. The normalized spacial score (nSPS) is 11.0. The summed E-state index contributed by atoms with van der Waals surface area (Å²) in [6.07, 6.45) is 0. The molecule has 0 heterocycles. The topological polar surface area (TPSA) is 84.6 Å². The second-order valence-corrected chi connectivity index (χ2v) is 4.37. The maximum atomic E-state index is 11.9. The van der Waals surface area contributed by atoms with E-state index in [0.29, 0.717) is 11.3 Å². The van der Waals surface area contributed by atoms with Crippen LogP contribution in [-0.2, 0) is 0 Å². The fourth-order valence-electron chi connectivity index (χ4n) is 1.53. The van der Waals surface area contributed by atoms with Gasteiger partial charge in [0, 0.05) is 17.7 Å². The zero-order valence-corrected chi connectivity index (χ0v) is 11.4. The minimum Gasteiger partial charge on any atom is -0.286 e. The van der Waals surface area contributed by atoms with E-state index in [2.05, 4.69) is 10.5 Å². The molecule has 0 aliphatic heterocycles. The lowest BCUT2D eigenvalue weighted by atomic mass is 10.1. The number of carbonyl (C=O) groups excluding carboxylic acids is 1. The third-order valence-electron chi connectivity index (χ3n) is 2.58.